The molecule has 12 nitrogen and oxygen atoms in total. The quantitative estimate of drug-likeness (QED) is 0.312. The van der Waals surface area contributed by atoms with E-state index in [0.29, 0.717) is 11.4 Å². The van der Waals surface area contributed by atoms with Gasteiger partial charge in [-0.25, -0.2) is 9.97 Å². The van der Waals surface area contributed by atoms with Gasteiger partial charge in [0.1, 0.15) is 17.7 Å². The van der Waals surface area contributed by atoms with Crippen molar-refractivity contribution in [3.8, 4) is 11.4 Å². The number of nitrogens with one attached hydrogen (secondary N) is 3. The first-order valence-electron chi connectivity index (χ1n) is 12.1. The second-order valence-corrected chi connectivity index (χ2v) is 9.18. The summed E-state index contributed by atoms with van der Waals surface area (Å²) in [6.07, 6.45) is 2.79. The number of aromatic amines is 1. The number of carbonyl (C=O) groups is 2. The van der Waals surface area contributed by atoms with Crippen molar-refractivity contribution in [1.82, 2.24) is 46.4 Å². The molecule has 38 heavy (non-hydrogen) atoms. The van der Waals surface area contributed by atoms with Gasteiger partial charge in [-0.15, -0.1) is 10.2 Å². The minimum Gasteiger partial charge on any atom is -0.356 e. The van der Waals surface area contributed by atoms with Crippen molar-refractivity contribution in [3.05, 3.63) is 82.1 Å². The van der Waals surface area contributed by atoms with E-state index in [1.165, 1.54) is 18.0 Å². The first-order chi connectivity index (χ1) is 18.5. The molecule has 0 spiro atoms. The normalized spacial score (nSPS) is 14.4. The maximum absolute atomic E-state index is 13.1. The van der Waals surface area contributed by atoms with Crippen LogP contribution in [0.25, 0.3) is 22.4 Å². The lowest BCUT2D eigenvalue weighted by Crippen LogP contribution is -2.29. The zero-order valence-corrected chi connectivity index (χ0v) is 20.6. The van der Waals surface area contributed by atoms with Crippen molar-refractivity contribution >= 4 is 22.8 Å². The summed E-state index contributed by atoms with van der Waals surface area (Å²) in [7, 11) is 0. The number of carbonyl (C=O) groups excluding carboxylic acids is 2. The number of benzene rings is 2. The molecule has 0 fully saturated rings. The van der Waals surface area contributed by atoms with E-state index in [4.69, 9.17) is 4.52 Å². The van der Waals surface area contributed by atoms with Crippen LogP contribution in [-0.4, -0.2) is 47.6 Å². The summed E-state index contributed by atoms with van der Waals surface area (Å²) in [6, 6.07) is 10.8. The second-order valence-electron chi connectivity index (χ2n) is 9.18. The summed E-state index contributed by atoms with van der Waals surface area (Å²) in [5.41, 5.74) is 6.80. The number of amides is 2. The van der Waals surface area contributed by atoms with E-state index in [1.54, 1.807) is 0 Å². The topological polar surface area (TPSA) is 164 Å². The van der Waals surface area contributed by atoms with E-state index in [2.05, 4.69) is 46.4 Å². The van der Waals surface area contributed by atoms with Gasteiger partial charge in [0.05, 0.1) is 11.7 Å². The zero-order chi connectivity index (χ0) is 26.2. The predicted molar refractivity (Wildman–Crippen MR) is 135 cm³/mol. The third kappa shape index (κ3) is 4.25. The Morgan fingerprint density at radius 1 is 1.08 bits per heavy atom. The smallest absolute Gasteiger partial charge is 0.270 e. The van der Waals surface area contributed by atoms with Gasteiger partial charge in [-0.3, -0.25) is 9.59 Å². The fraction of sp³-hybridized carbons (Fsp3) is 0.231. The van der Waals surface area contributed by atoms with Crippen LogP contribution in [0.5, 0.6) is 0 Å². The lowest BCUT2D eigenvalue weighted by molar-refractivity contribution is 0.0931. The summed E-state index contributed by atoms with van der Waals surface area (Å²) < 4.78 is 5.23. The van der Waals surface area contributed by atoms with Gasteiger partial charge < -0.3 is 15.2 Å². The number of hydrogen-bond donors (Lipinski definition) is 3. The monoisotopic (exact) mass is 509 g/mol. The van der Waals surface area contributed by atoms with Gasteiger partial charge in [0, 0.05) is 23.6 Å². The molecule has 3 N–H and O–H groups in total. The summed E-state index contributed by atoms with van der Waals surface area (Å²) in [6.45, 7) is 4.17. The van der Waals surface area contributed by atoms with Gasteiger partial charge in [0.15, 0.2) is 5.58 Å². The summed E-state index contributed by atoms with van der Waals surface area (Å²) >= 11 is 0. The van der Waals surface area contributed by atoms with Crippen molar-refractivity contribution < 1.29 is 14.1 Å². The number of fused-ring (bicyclic) bond motifs is 2. The minimum atomic E-state index is -0.403. The van der Waals surface area contributed by atoms with Crippen LogP contribution in [0.3, 0.4) is 0 Å². The maximum atomic E-state index is 13.1. The highest BCUT2D eigenvalue weighted by Crippen LogP contribution is 2.36. The Balaban J connectivity index is 1.13. The Kier molecular flexibility index (Phi) is 5.83. The van der Waals surface area contributed by atoms with Crippen LogP contribution in [0.4, 0.5) is 0 Å². The number of hydrogen-bond acceptors (Lipinski definition) is 9. The molecule has 0 unspecified atom stereocenters. The first-order valence-corrected chi connectivity index (χ1v) is 12.1. The Morgan fingerprint density at radius 2 is 1.92 bits per heavy atom. The maximum Gasteiger partial charge on any atom is 0.270 e. The van der Waals surface area contributed by atoms with Crippen LogP contribution in [0.1, 0.15) is 61.4 Å². The van der Waals surface area contributed by atoms with Crippen LogP contribution in [0.15, 0.2) is 47.2 Å². The standard InChI is InChI=1S/C26H23N9O3/c1-13-16-6-7-20(18(16)5-4-17(13)24-31-34-35-32-24)30-26(37)22-10-21(28-12-29-22)25(36)27-11-15-3-8-23-19(9-15)14(2)33-38-23/h3-5,8-10,12,20H,6-7,11H2,1-2H3,(H,27,36)(H,30,37)(H,31,32,34,35)/t20-/m0/s1. The number of aromatic nitrogens is 7. The van der Waals surface area contributed by atoms with Gasteiger partial charge in [0.2, 0.25) is 5.82 Å². The molecule has 3 heterocycles. The second kappa shape index (κ2) is 9.47. The number of aryl methyl sites for hydroxylation is 1. The molecule has 0 bridgehead atoms. The molecule has 1 atom stereocenters. The SMILES string of the molecule is Cc1c(-c2nn[nH]n2)ccc2c1CC[C@@H]2NC(=O)c1cc(C(=O)NCc2ccc3onc(C)c3c2)ncn1. The predicted octanol–water partition coefficient (Wildman–Crippen LogP) is 2.76. The van der Waals surface area contributed by atoms with Crippen molar-refractivity contribution in [2.45, 2.75) is 39.3 Å². The Hall–Kier alpha value is -5.00. The molecule has 3 aromatic heterocycles. The Morgan fingerprint density at radius 3 is 2.74 bits per heavy atom. The average molecular weight is 510 g/mol. The van der Waals surface area contributed by atoms with Crippen LogP contribution in [0.2, 0.25) is 0 Å². The molecule has 0 aliphatic heterocycles. The van der Waals surface area contributed by atoms with Crippen LogP contribution < -0.4 is 10.6 Å². The highest BCUT2D eigenvalue weighted by molar-refractivity contribution is 5.97. The highest BCUT2D eigenvalue weighted by atomic mass is 16.5. The van der Waals surface area contributed by atoms with Gasteiger partial charge in [-0.05, 0) is 66.3 Å². The van der Waals surface area contributed by atoms with E-state index in [1.807, 2.05) is 44.2 Å². The first kappa shape index (κ1) is 23.4. The molecule has 12 heteroatoms. The fourth-order valence-electron chi connectivity index (χ4n) is 4.88. The van der Waals surface area contributed by atoms with Gasteiger partial charge in [-0.2, -0.15) is 5.21 Å². The molecule has 1 aliphatic rings. The highest BCUT2D eigenvalue weighted by Gasteiger charge is 2.28. The molecular formula is C26H23N9O3. The third-order valence-corrected chi connectivity index (χ3v) is 6.88. The van der Waals surface area contributed by atoms with Crippen molar-refractivity contribution in [1.29, 1.82) is 0 Å². The summed E-state index contributed by atoms with van der Waals surface area (Å²) in [5, 5.41) is 25.0. The molecule has 0 radical (unpaired) electrons. The number of rotatable bonds is 6. The van der Waals surface area contributed by atoms with Gasteiger partial charge in [-0.1, -0.05) is 23.4 Å². The van der Waals surface area contributed by atoms with Gasteiger partial charge in [0.25, 0.3) is 11.8 Å². The van der Waals surface area contributed by atoms with E-state index in [-0.39, 0.29) is 29.9 Å². The average Bonchev–Trinajstić information content (AvgIpc) is 3.69. The minimum absolute atomic E-state index is 0.111. The van der Waals surface area contributed by atoms with Crippen LogP contribution >= 0.6 is 0 Å². The van der Waals surface area contributed by atoms with E-state index >= 15 is 0 Å². The largest absolute Gasteiger partial charge is 0.356 e. The molecular weight excluding hydrogens is 486 g/mol. The zero-order valence-electron chi connectivity index (χ0n) is 20.6. The van der Waals surface area contributed by atoms with E-state index in [0.717, 1.165) is 46.2 Å². The lowest BCUT2D eigenvalue weighted by atomic mass is 9.97. The fourth-order valence-corrected chi connectivity index (χ4v) is 4.88. The number of tetrazole rings is 1. The molecule has 5 aromatic rings. The van der Waals surface area contributed by atoms with E-state index < -0.39 is 5.91 Å². The summed E-state index contributed by atoms with van der Waals surface area (Å²) in [4.78, 5) is 34.0. The summed E-state index contributed by atoms with van der Waals surface area (Å²) in [5.74, 6) is -0.231. The molecule has 2 amide bonds. The Labute approximate surface area is 216 Å². The molecule has 190 valence electrons. The van der Waals surface area contributed by atoms with Gasteiger partial charge >= 0.3 is 0 Å². The lowest BCUT2D eigenvalue weighted by Gasteiger charge is -2.15. The molecule has 0 saturated carbocycles. The number of nitrogens with zero attached hydrogens (tertiary/aromatic N) is 6. The van der Waals surface area contributed by atoms with Crippen molar-refractivity contribution in [2.75, 3.05) is 0 Å². The van der Waals surface area contributed by atoms with Crippen molar-refractivity contribution in [2.24, 2.45) is 0 Å². The van der Waals surface area contributed by atoms with Crippen LogP contribution in [-0.2, 0) is 13.0 Å². The number of H-pyrrole nitrogens is 1. The molecule has 0 saturated heterocycles. The molecule has 6 rings (SSSR count). The van der Waals surface area contributed by atoms with Crippen LogP contribution in [0, 0.1) is 13.8 Å². The molecule has 1 aliphatic carbocycles. The Bertz CT molecular complexity index is 1680. The third-order valence-electron chi connectivity index (χ3n) is 6.88. The molecule has 2 aromatic carbocycles. The van der Waals surface area contributed by atoms with E-state index in [9.17, 15) is 9.59 Å². The van der Waals surface area contributed by atoms with Crippen molar-refractivity contribution in [3.63, 3.8) is 0 Å².